The maximum Gasteiger partial charge on any atom is 0.368 e. The zero-order valence-corrected chi connectivity index (χ0v) is 9.88. The molecule has 0 fully saturated rings. The number of carbonyl (C=O) groups is 2. The number of ketones is 1. The van der Waals surface area contributed by atoms with Gasteiger partial charge < -0.3 is 0 Å². The molecule has 0 bridgehead atoms. The fraction of sp³-hybridized carbons (Fsp3) is 0.0667. The van der Waals surface area contributed by atoms with Crippen LogP contribution < -0.4 is 0 Å². The number of Topliss-reactive ketones (excluding diaryl/α,β-unsaturated/α-hetero) is 1. The van der Waals surface area contributed by atoms with Crippen LogP contribution in [0.1, 0.15) is 11.1 Å². The first kappa shape index (κ1) is 10.3. The first-order valence-electron chi connectivity index (χ1n) is 5.99. The highest BCUT2D eigenvalue weighted by Crippen LogP contribution is 2.27. The Bertz CT molecular complexity index is 831. The molecule has 19 heavy (non-hydrogen) atoms. The van der Waals surface area contributed by atoms with Crippen molar-refractivity contribution in [2.24, 2.45) is 9.98 Å². The smallest absolute Gasteiger partial charge is 0.292 e. The fourth-order valence-electron chi connectivity index (χ4n) is 2.62. The molecule has 2 aromatic rings. The molecule has 0 unspecified atom stereocenters. The Kier molecular flexibility index (Phi) is 1.87. The summed E-state index contributed by atoms with van der Waals surface area (Å²) in [4.78, 5) is 30.8. The number of amides is 2. The van der Waals surface area contributed by atoms with Crippen LogP contribution in [0.4, 0.5) is 4.79 Å². The molecule has 0 radical (unpaired) electrons. The minimum absolute atomic E-state index is 0.132. The van der Waals surface area contributed by atoms with Crippen molar-refractivity contribution < 1.29 is 9.59 Å². The van der Waals surface area contributed by atoms with E-state index in [0.717, 1.165) is 21.9 Å². The van der Waals surface area contributed by atoms with Crippen LogP contribution in [0.3, 0.4) is 0 Å². The van der Waals surface area contributed by atoms with Gasteiger partial charge in [-0.25, -0.2) is 4.79 Å². The molecule has 0 N–H and O–H groups in total. The van der Waals surface area contributed by atoms with Gasteiger partial charge in [0.2, 0.25) is 0 Å². The van der Waals surface area contributed by atoms with Gasteiger partial charge in [-0.15, -0.1) is 0 Å². The molecule has 1 aliphatic heterocycles. The van der Waals surface area contributed by atoms with Gasteiger partial charge in [0, 0.05) is 12.0 Å². The van der Waals surface area contributed by atoms with E-state index < -0.39 is 6.03 Å². The number of hydrogen-bond donors (Lipinski definition) is 0. The predicted molar refractivity (Wildman–Crippen MR) is 72.0 cm³/mol. The summed E-state index contributed by atoms with van der Waals surface area (Å²) in [6.07, 6.45) is 0.283. The van der Waals surface area contributed by atoms with Gasteiger partial charge >= 0.3 is 6.03 Å². The van der Waals surface area contributed by atoms with E-state index in [2.05, 4.69) is 9.98 Å². The first-order valence-corrected chi connectivity index (χ1v) is 5.99. The second-order valence-corrected chi connectivity index (χ2v) is 4.66. The highest BCUT2D eigenvalue weighted by atomic mass is 16.2. The van der Waals surface area contributed by atoms with Crippen molar-refractivity contribution in [3.63, 3.8) is 0 Å². The largest absolute Gasteiger partial charge is 0.368 e. The van der Waals surface area contributed by atoms with Crippen LogP contribution >= 0.6 is 0 Å². The number of hydrogen-bond acceptors (Lipinski definition) is 2. The predicted octanol–water partition coefficient (Wildman–Crippen LogP) is 2.33. The molecule has 4 nitrogen and oxygen atoms in total. The molecule has 90 valence electrons. The molecule has 4 rings (SSSR count). The quantitative estimate of drug-likeness (QED) is 0.718. The van der Waals surface area contributed by atoms with E-state index >= 15 is 0 Å². The lowest BCUT2D eigenvalue weighted by atomic mass is 9.86. The van der Waals surface area contributed by atoms with Gasteiger partial charge in [0.25, 0.3) is 0 Å². The summed E-state index contributed by atoms with van der Waals surface area (Å²) >= 11 is 0. The van der Waals surface area contributed by atoms with Crippen molar-refractivity contribution in [2.75, 3.05) is 0 Å². The number of benzene rings is 2. The molecular formula is C15H8N2O2. The van der Waals surface area contributed by atoms with Gasteiger partial charge in [-0.1, -0.05) is 30.3 Å². The van der Waals surface area contributed by atoms with Gasteiger partial charge in [-0.3, -0.25) is 4.79 Å². The van der Waals surface area contributed by atoms with Crippen LogP contribution in [-0.4, -0.2) is 23.2 Å². The Morgan fingerprint density at radius 2 is 1.58 bits per heavy atom. The molecule has 1 aliphatic carbocycles. The number of carbonyl (C=O) groups excluding carboxylic acids is 2. The van der Waals surface area contributed by atoms with Gasteiger partial charge in [0.15, 0.2) is 5.78 Å². The molecule has 0 spiro atoms. The Balaban J connectivity index is 2.06. The number of urea groups is 1. The van der Waals surface area contributed by atoms with E-state index in [4.69, 9.17) is 0 Å². The average Bonchev–Trinajstić information content (AvgIpc) is 2.80. The Morgan fingerprint density at radius 3 is 2.37 bits per heavy atom. The standard InChI is InChI=1S/C15H8N2O2/c18-12-7-10-5-8-3-1-2-4-9(8)6-11(10)13-14(12)17-15(19)16-13/h1-6H,7H2. The molecule has 2 aliphatic rings. The maximum atomic E-state index is 12.0. The van der Waals surface area contributed by atoms with Gasteiger partial charge in [-0.2, -0.15) is 9.98 Å². The third-order valence-electron chi connectivity index (χ3n) is 3.48. The molecule has 0 atom stereocenters. The second kappa shape index (κ2) is 3.45. The maximum absolute atomic E-state index is 12.0. The number of fused-ring (bicyclic) bond motifs is 4. The molecule has 0 aromatic heterocycles. The number of rotatable bonds is 0. The van der Waals surface area contributed by atoms with Crippen molar-refractivity contribution in [3.05, 3.63) is 47.5 Å². The van der Waals surface area contributed by atoms with Crippen LogP contribution in [0.2, 0.25) is 0 Å². The topological polar surface area (TPSA) is 58.9 Å². The molecule has 2 amide bonds. The van der Waals surface area contributed by atoms with Crippen LogP contribution in [0, 0.1) is 0 Å². The van der Waals surface area contributed by atoms with Gasteiger partial charge in [-0.05, 0) is 22.4 Å². The van der Waals surface area contributed by atoms with E-state index in [9.17, 15) is 9.59 Å². The highest BCUT2D eigenvalue weighted by Gasteiger charge is 2.33. The first-order chi connectivity index (χ1) is 9.22. The van der Waals surface area contributed by atoms with Crippen molar-refractivity contribution in [3.8, 4) is 0 Å². The van der Waals surface area contributed by atoms with E-state index in [1.54, 1.807) is 0 Å². The normalized spacial score (nSPS) is 17.1. The third-order valence-corrected chi connectivity index (χ3v) is 3.48. The van der Waals surface area contributed by atoms with Crippen LogP contribution in [0.15, 0.2) is 46.4 Å². The third kappa shape index (κ3) is 1.40. The fourth-order valence-corrected chi connectivity index (χ4v) is 2.62. The van der Waals surface area contributed by atoms with E-state index in [0.29, 0.717) is 5.71 Å². The van der Waals surface area contributed by atoms with Gasteiger partial charge in [0.1, 0.15) is 11.4 Å². The lowest BCUT2D eigenvalue weighted by Crippen LogP contribution is -2.30. The second-order valence-electron chi connectivity index (χ2n) is 4.66. The Labute approximate surface area is 108 Å². The monoisotopic (exact) mass is 248 g/mol. The Hall–Kier alpha value is -2.62. The molecule has 0 saturated heterocycles. The number of nitrogens with zero attached hydrogens (tertiary/aromatic N) is 2. The summed E-state index contributed by atoms with van der Waals surface area (Å²) in [5.74, 6) is -0.132. The summed E-state index contributed by atoms with van der Waals surface area (Å²) in [5, 5.41) is 2.15. The van der Waals surface area contributed by atoms with Crippen molar-refractivity contribution in [1.82, 2.24) is 0 Å². The van der Waals surface area contributed by atoms with E-state index in [1.807, 2.05) is 36.4 Å². The minimum Gasteiger partial charge on any atom is -0.292 e. The van der Waals surface area contributed by atoms with Crippen LogP contribution in [0.5, 0.6) is 0 Å². The lowest BCUT2D eigenvalue weighted by Gasteiger charge is -2.16. The Morgan fingerprint density at radius 1 is 0.895 bits per heavy atom. The molecule has 0 saturated carbocycles. The van der Waals surface area contributed by atoms with Crippen LogP contribution in [0.25, 0.3) is 10.8 Å². The summed E-state index contributed by atoms with van der Waals surface area (Å²) in [6, 6.07) is 11.3. The van der Waals surface area contributed by atoms with Crippen molar-refractivity contribution >= 4 is 34.0 Å². The van der Waals surface area contributed by atoms with Gasteiger partial charge in [0.05, 0.1) is 0 Å². The summed E-state index contributed by atoms with van der Waals surface area (Å²) in [5.41, 5.74) is 2.41. The molecule has 1 heterocycles. The van der Waals surface area contributed by atoms with Crippen LogP contribution in [-0.2, 0) is 11.2 Å². The zero-order chi connectivity index (χ0) is 13.0. The minimum atomic E-state index is -0.584. The van der Waals surface area contributed by atoms with Crippen molar-refractivity contribution in [2.45, 2.75) is 6.42 Å². The highest BCUT2D eigenvalue weighted by molar-refractivity contribution is 6.74. The average molecular weight is 248 g/mol. The summed E-state index contributed by atoms with van der Waals surface area (Å²) < 4.78 is 0. The summed E-state index contributed by atoms with van der Waals surface area (Å²) in [6.45, 7) is 0. The van der Waals surface area contributed by atoms with E-state index in [1.165, 1.54) is 0 Å². The lowest BCUT2D eigenvalue weighted by molar-refractivity contribution is -0.112. The molecule has 4 heteroatoms. The number of aliphatic imine (C=N–C) groups is 2. The summed E-state index contributed by atoms with van der Waals surface area (Å²) in [7, 11) is 0. The zero-order valence-electron chi connectivity index (χ0n) is 9.88. The SMILES string of the molecule is O=C1N=C2C(=O)Cc3cc4ccccc4cc3C2=N1. The molecule has 2 aromatic carbocycles. The molecular weight excluding hydrogens is 240 g/mol. The van der Waals surface area contributed by atoms with E-state index in [-0.39, 0.29) is 17.9 Å². The van der Waals surface area contributed by atoms with Crippen molar-refractivity contribution in [1.29, 1.82) is 0 Å².